The quantitative estimate of drug-likeness (QED) is 0.242. The summed E-state index contributed by atoms with van der Waals surface area (Å²) in [7, 11) is 0. The Hall–Kier alpha value is -3.90. The van der Waals surface area contributed by atoms with E-state index in [0.29, 0.717) is 6.54 Å². The van der Waals surface area contributed by atoms with Crippen molar-refractivity contribution in [2.45, 2.75) is 51.7 Å². The van der Waals surface area contributed by atoms with Gasteiger partial charge in [0.25, 0.3) is 5.91 Å². The molecule has 39 heavy (non-hydrogen) atoms. The second-order valence-corrected chi connectivity index (χ2v) is 11.7. The lowest BCUT2D eigenvalue weighted by molar-refractivity contribution is 0.0602. The minimum Gasteiger partial charge on any atom is -0.353 e. The van der Waals surface area contributed by atoms with E-state index >= 15 is 0 Å². The zero-order chi connectivity index (χ0) is 26.8. The summed E-state index contributed by atoms with van der Waals surface area (Å²) in [6.07, 6.45) is 2.58. The highest BCUT2D eigenvalue weighted by molar-refractivity contribution is 7.09. The molecular weight excluding hydrogens is 500 g/mol. The van der Waals surface area contributed by atoms with Gasteiger partial charge < -0.3 is 14.8 Å². The zero-order valence-electron chi connectivity index (χ0n) is 22.5. The van der Waals surface area contributed by atoms with Crippen molar-refractivity contribution in [1.29, 1.82) is 0 Å². The topological polar surface area (TPSA) is 50.2 Å². The number of piperidine rings is 1. The minimum absolute atomic E-state index is 0.0992. The van der Waals surface area contributed by atoms with Crippen LogP contribution in [-0.4, -0.2) is 39.0 Å². The maximum absolute atomic E-state index is 13.8. The number of aryl methyl sites for hydroxylation is 2. The van der Waals surface area contributed by atoms with Gasteiger partial charge in [0.2, 0.25) is 5.95 Å². The molecule has 0 spiro atoms. The summed E-state index contributed by atoms with van der Waals surface area (Å²) in [6, 6.07) is 29.6. The molecule has 0 saturated carbocycles. The van der Waals surface area contributed by atoms with Crippen LogP contribution in [0.25, 0.3) is 11.0 Å². The predicted octanol–water partition coefficient (Wildman–Crippen LogP) is 7.09. The molecule has 1 saturated heterocycles. The van der Waals surface area contributed by atoms with Crippen molar-refractivity contribution < 1.29 is 4.79 Å². The number of hydrogen-bond donors (Lipinski definition) is 1. The summed E-state index contributed by atoms with van der Waals surface area (Å²) in [5.74, 6) is 1.04. The van der Waals surface area contributed by atoms with Crippen LogP contribution >= 0.6 is 11.3 Å². The lowest BCUT2D eigenvalue weighted by atomic mass is 9.91. The molecule has 2 atom stereocenters. The Kier molecular flexibility index (Phi) is 7.20. The number of hydrogen-bond acceptors (Lipinski definition) is 4. The van der Waals surface area contributed by atoms with Gasteiger partial charge in [-0.05, 0) is 74.4 Å². The maximum Gasteiger partial charge on any atom is 0.254 e. The molecule has 5 nitrogen and oxygen atoms in total. The van der Waals surface area contributed by atoms with Crippen molar-refractivity contribution >= 4 is 34.2 Å². The van der Waals surface area contributed by atoms with Gasteiger partial charge in [-0.2, -0.15) is 0 Å². The molecule has 2 aromatic heterocycles. The first kappa shape index (κ1) is 25.4. The van der Waals surface area contributed by atoms with Crippen molar-refractivity contribution in [1.82, 2.24) is 14.5 Å². The Bertz CT molecular complexity index is 1550. The minimum atomic E-state index is 0.0992. The third-order valence-corrected chi connectivity index (χ3v) is 8.50. The second kappa shape index (κ2) is 11.1. The Morgan fingerprint density at radius 1 is 0.974 bits per heavy atom. The number of likely N-dealkylation sites (tertiary alicyclic amines) is 1. The smallest absolute Gasteiger partial charge is 0.254 e. The van der Waals surface area contributed by atoms with E-state index in [9.17, 15) is 4.79 Å². The Morgan fingerprint density at radius 3 is 2.51 bits per heavy atom. The highest BCUT2D eigenvalue weighted by atomic mass is 32.1. The van der Waals surface area contributed by atoms with Crippen LogP contribution < -0.4 is 5.32 Å². The molecule has 1 aliphatic heterocycles. The van der Waals surface area contributed by atoms with Gasteiger partial charge in [0.05, 0.1) is 17.6 Å². The molecule has 0 aliphatic carbocycles. The van der Waals surface area contributed by atoms with E-state index in [-0.39, 0.29) is 18.0 Å². The molecule has 6 heteroatoms. The largest absolute Gasteiger partial charge is 0.353 e. The van der Waals surface area contributed by atoms with Gasteiger partial charge in [0.1, 0.15) is 0 Å². The first-order valence-electron chi connectivity index (χ1n) is 13.7. The van der Waals surface area contributed by atoms with E-state index in [1.165, 1.54) is 10.4 Å². The van der Waals surface area contributed by atoms with Crippen LogP contribution in [0.15, 0.2) is 90.3 Å². The number of benzene rings is 3. The van der Waals surface area contributed by atoms with Crippen LogP contribution in [0.3, 0.4) is 0 Å². The first-order chi connectivity index (χ1) is 19.0. The number of fused-ring (bicyclic) bond motifs is 1. The summed E-state index contributed by atoms with van der Waals surface area (Å²) < 4.78 is 2.29. The highest BCUT2D eigenvalue weighted by Crippen LogP contribution is 2.28. The molecule has 1 amide bonds. The van der Waals surface area contributed by atoms with Gasteiger partial charge in [-0.3, -0.25) is 4.79 Å². The highest BCUT2D eigenvalue weighted by Gasteiger charge is 2.33. The molecule has 5 aromatic rings. The number of para-hydroxylation sites is 2. The fourth-order valence-corrected chi connectivity index (χ4v) is 6.57. The van der Waals surface area contributed by atoms with Gasteiger partial charge in [0.15, 0.2) is 0 Å². The lowest BCUT2D eigenvalue weighted by Gasteiger charge is -2.40. The van der Waals surface area contributed by atoms with Gasteiger partial charge in [-0.15, -0.1) is 11.3 Å². The van der Waals surface area contributed by atoms with E-state index in [1.807, 2.05) is 24.3 Å². The summed E-state index contributed by atoms with van der Waals surface area (Å²) in [6.45, 7) is 5.62. The third kappa shape index (κ3) is 5.62. The molecule has 3 aromatic carbocycles. The molecule has 1 aliphatic rings. The van der Waals surface area contributed by atoms with Gasteiger partial charge in [-0.1, -0.05) is 65.7 Å². The molecule has 1 fully saturated rings. The monoisotopic (exact) mass is 534 g/mol. The van der Waals surface area contributed by atoms with E-state index in [1.54, 1.807) is 11.3 Å². The molecule has 198 valence electrons. The number of thiophene rings is 1. The standard InChI is InChI=1S/C33H34N4OS/c1-23-17-24(2)19-26(18-23)32(38)36-15-14-27(21-28(36)20-25-9-4-3-5-10-25)34-33-35-30-12-6-7-13-31(30)37(33)22-29-11-8-16-39-29/h3-13,16-19,27-28H,14-15,20-22H2,1-2H3,(H,34,35)/t27-,28-/m0/s1. The van der Waals surface area contributed by atoms with E-state index < -0.39 is 0 Å². The summed E-state index contributed by atoms with van der Waals surface area (Å²) in [5.41, 5.74) is 6.43. The number of amides is 1. The predicted molar refractivity (Wildman–Crippen MR) is 161 cm³/mol. The summed E-state index contributed by atoms with van der Waals surface area (Å²) >= 11 is 1.77. The van der Waals surface area contributed by atoms with Crippen molar-refractivity contribution in [2.75, 3.05) is 11.9 Å². The fourth-order valence-electron chi connectivity index (χ4n) is 5.88. The average Bonchev–Trinajstić information content (AvgIpc) is 3.57. The van der Waals surface area contributed by atoms with Crippen molar-refractivity contribution in [3.8, 4) is 0 Å². The van der Waals surface area contributed by atoms with Gasteiger partial charge >= 0.3 is 0 Å². The number of nitrogens with zero attached hydrogens (tertiary/aromatic N) is 3. The molecule has 0 radical (unpaired) electrons. The van der Waals surface area contributed by atoms with Crippen LogP contribution in [0.2, 0.25) is 0 Å². The maximum atomic E-state index is 13.8. The molecule has 0 unspecified atom stereocenters. The van der Waals surface area contributed by atoms with Crippen LogP contribution in [0.4, 0.5) is 5.95 Å². The van der Waals surface area contributed by atoms with Crippen LogP contribution in [-0.2, 0) is 13.0 Å². The molecule has 6 rings (SSSR count). The molecule has 1 N–H and O–H groups in total. The van der Waals surface area contributed by atoms with Crippen molar-refractivity contribution in [3.63, 3.8) is 0 Å². The number of aromatic nitrogens is 2. The number of nitrogens with one attached hydrogen (secondary N) is 1. The number of carbonyl (C=O) groups excluding carboxylic acids is 1. The Morgan fingerprint density at radius 2 is 1.74 bits per heavy atom. The number of anilines is 1. The summed E-state index contributed by atoms with van der Waals surface area (Å²) in [5, 5.41) is 5.93. The van der Waals surface area contributed by atoms with Crippen molar-refractivity contribution in [3.05, 3.63) is 117 Å². The number of carbonyl (C=O) groups is 1. The molecule has 0 bridgehead atoms. The Balaban J connectivity index is 1.27. The van der Waals surface area contributed by atoms with E-state index in [0.717, 1.165) is 59.5 Å². The van der Waals surface area contributed by atoms with E-state index in [4.69, 9.17) is 4.98 Å². The fraction of sp³-hybridized carbons (Fsp3) is 0.273. The van der Waals surface area contributed by atoms with Crippen LogP contribution in [0, 0.1) is 13.8 Å². The van der Waals surface area contributed by atoms with Gasteiger partial charge in [0, 0.05) is 29.1 Å². The van der Waals surface area contributed by atoms with Gasteiger partial charge in [-0.25, -0.2) is 4.98 Å². The molecular formula is C33H34N4OS. The Labute approximate surface area is 234 Å². The first-order valence-corrected chi connectivity index (χ1v) is 14.6. The average molecular weight is 535 g/mol. The van der Waals surface area contributed by atoms with Crippen LogP contribution in [0.1, 0.15) is 44.8 Å². The number of rotatable bonds is 7. The third-order valence-electron chi connectivity index (χ3n) is 7.64. The van der Waals surface area contributed by atoms with Crippen LogP contribution in [0.5, 0.6) is 0 Å². The SMILES string of the molecule is Cc1cc(C)cc(C(=O)N2CC[C@H](Nc3nc4ccccc4n3Cc3cccs3)C[C@@H]2Cc2ccccc2)c1. The normalized spacial score (nSPS) is 17.4. The lowest BCUT2D eigenvalue weighted by Crippen LogP contribution is -2.50. The number of imidazole rings is 1. The molecule has 3 heterocycles. The van der Waals surface area contributed by atoms with Crippen molar-refractivity contribution in [2.24, 2.45) is 0 Å². The summed E-state index contributed by atoms with van der Waals surface area (Å²) in [4.78, 5) is 22.2. The second-order valence-electron chi connectivity index (χ2n) is 10.7. The zero-order valence-corrected chi connectivity index (χ0v) is 23.3. The van der Waals surface area contributed by atoms with E-state index in [2.05, 4.69) is 94.7 Å².